The Bertz CT molecular complexity index is 413. The van der Waals surface area contributed by atoms with Gasteiger partial charge in [0, 0.05) is 11.7 Å². The van der Waals surface area contributed by atoms with Crippen LogP contribution in [-0.2, 0) is 0 Å². The van der Waals surface area contributed by atoms with Crippen LogP contribution in [0.25, 0.3) is 0 Å². The molecule has 0 spiro atoms. The minimum Gasteiger partial charge on any atom is -0.353 e. The van der Waals surface area contributed by atoms with Gasteiger partial charge in [0.2, 0.25) is 0 Å². The molecule has 0 amide bonds. The van der Waals surface area contributed by atoms with Crippen molar-refractivity contribution in [3.8, 4) is 0 Å². The van der Waals surface area contributed by atoms with Crippen LogP contribution in [0.2, 0.25) is 0 Å². The normalized spacial score (nSPS) is 27.2. The summed E-state index contributed by atoms with van der Waals surface area (Å²) in [7, 11) is 0. The van der Waals surface area contributed by atoms with Gasteiger partial charge >= 0.3 is 0 Å². The first-order chi connectivity index (χ1) is 7.79. The molecule has 2 atom stereocenters. The molecule has 3 nitrogen and oxygen atoms in total. The number of anilines is 1. The number of nitrogens with zero attached hydrogens (tertiary/aromatic N) is 1. The summed E-state index contributed by atoms with van der Waals surface area (Å²) in [5, 5.41) is 6.53. The number of benzene rings is 1. The zero-order valence-electron chi connectivity index (χ0n) is 8.91. The number of rotatable bonds is 1. The van der Waals surface area contributed by atoms with E-state index in [4.69, 9.17) is 0 Å². The average Bonchev–Trinajstić information content (AvgIpc) is 2.62. The summed E-state index contributed by atoms with van der Waals surface area (Å²) in [4.78, 5) is 4.56. The van der Waals surface area contributed by atoms with Crippen LogP contribution in [0.5, 0.6) is 0 Å². The minimum absolute atomic E-state index is 0.218. The van der Waals surface area contributed by atoms with Crippen molar-refractivity contribution < 1.29 is 4.39 Å². The fourth-order valence-corrected chi connectivity index (χ4v) is 2.36. The molecule has 2 bridgehead atoms. The number of hydrogen-bond donors (Lipinski definition) is 2. The predicted octanol–water partition coefficient (Wildman–Crippen LogP) is 2.12. The molecule has 1 aromatic rings. The maximum atomic E-state index is 12.7. The molecule has 3 rings (SSSR count). The van der Waals surface area contributed by atoms with Gasteiger partial charge in [-0.05, 0) is 43.5 Å². The quantitative estimate of drug-likeness (QED) is 0.759. The van der Waals surface area contributed by atoms with Crippen molar-refractivity contribution >= 4 is 11.6 Å². The lowest BCUT2D eigenvalue weighted by atomic mass is 10.2. The van der Waals surface area contributed by atoms with Gasteiger partial charge in [-0.15, -0.1) is 0 Å². The van der Waals surface area contributed by atoms with Crippen LogP contribution in [0.1, 0.15) is 19.3 Å². The van der Waals surface area contributed by atoms with Gasteiger partial charge in [-0.2, -0.15) is 0 Å². The Hall–Kier alpha value is -1.58. The lowest BCUT2D eigenvalue weighted by Crippen LogP contribution is -2.41. The van der Waals surface area contributed by atoms with E-state index in [0.717, 1.165) is 18.1 Å². The van der Waals surface area contributed by atoms with Crippen LogP contribution in [0.3, 0.4) is 0 Å². The second-order valence-corrected chi connectivity index (χ2v) is 4.42. The van der Waals surface area contributed by atoms with E-state index >= 15 is 0 Å². The molecule has 1 aliphatic carbocycles. The minimum atomic E-state index is -0.218. The number of halogens is 1. The van der Waals surface area contributed by atoms with E-state index in [0.29, 0.717) is 12.1 Å². The number of fused-ring (bicyclic) bond motifs is 2. The number of hydrogen-bond acceptors (Lipinski definition) is 3. The van der Waals surface area contributed by atoms with Crippen LogP contribution in [0.4, 0.5) is 10.1 Å². The van der Waals surface area contributed by atoms with E-state index in [1.54, 1.807) is 12.1 Å². The monoisotopic (exact) mass is 219 g/mol. The van der Waals surface area contributed by atoms with Crippen molar-refractivity contribution in [2.75, 3.05) is 5.32 Å². The highest BCUT2D eigenvalue weighted by molar-refractivity contribution is 5.94. The molecular formula is C12H14FN3. The zero-order chi connectivity index (χ0) is 11.0. The van der Waals surface area contributed by atoms with E-state index in [1.165, 1.54) is 25.0 Å². The van der Waals surface area contributed by atoms with Crippen molar-refractivity contribution in [2.24, 2.45) is 4.99 Å². The van der Waals surface area contributed by atoms with Gasteiger partial charge in [0.25, 0.3) is 0 Å². The number of nitrogens with one attached hydrogen (secondary N) is 2. The molecule has 0 radical (unpaired) electrons. The summed E-state index contributed by atoms with van der Waals surface area (Å²) in [6.45, 7) is 0. The summed E-state index contributed by atoms with van der Waals surface area (Å²) < 4.78 is 12.7. The van der Waals surface area contributed by atoms with E-state index in [-0.39, 0.29) is 5.82 Å². The van der Waals surface area contributed by atoms with Crippen LogP contribution in [-0.4, -0.2) is 18.0 Å². The molecule has 1 heterocycles. The fourth-order valence-electron chi connectivity index (χ4n) is 2.36. The van der Waals surface area contributed by atoms with Crippen molar-refractivity contribution in [3.63, 3.8) is 0 Å². The molecule has 16 heavy (non-hydrogen) atoms. The fraction of sp³-hybridized carbons (Fsp3) is 0.417. The molecule has 0 saturated heterocycles. The first kappa shape index (κ1) is 9.63. The zero-order valence-corrected chi connectivity index (χ0v) is 8.91. The van der Waals surface area contributed by atoms with Gasteiger partial charge in [0.15, 0.2) is 5.96 Å². The highest BCUT2D eigenvalue weighted by atomic mass is 19.1. The van der Waals surface area contributed by atoms with Crippen LogP contribution in [0, 0.1) is 5.82 Å². The Balaban J connectivity index is 1.73. The van der Waals surface area contributed by atoms with Crippen LogP contribution in [0.15, 0.2) is 29.3 Å². The van der Waals surface area contributed by atoms with Gasteiger partial charge < -0.3 is 10.6 Å². The molecule has 1 fully saturated rings. The molecule has 2 unspecified atom stereocenters. The molecule has 1 aromatic carbocycles. The van der Waals surface area contributed by atoms with Crippen LogP contribution >= 0.6 is 0 Å². The summed E-state index contributed by atoms with van der Waals surface area (Å²) in [6.07, 6.45) is 3.52. The van der Waals surface area contributed by atoms with E-state index < -0.39 is 0 Å². The van der Waals surface area contributed by atoms with E-state index in [2.05, 4.69) is 15.6 Å². The maximum Gasteiger partial charge on any atom is 0.196 e. The molecule has 4 heteroatoms. The lowest BCUT2D eigenvalue weighted by Gasteiger charge is -2.22. The largest absolute Gasteiger partial charge is 0.353 e. The second-order valence-electron chi connectivity index (χ2n) is 4.42. The van der Waals surface area contributed by atoms with E-state index in [9.17, 15) is 4.39 Å². The molecule has 2 aliphatic rings. The highest BCUT2D eigenvalue weighted by Crippen LogP contribution is 2.25. The molecule has 2 N–H and O–H groups in total. The topological polar surface area (TPSA) is 36.4 Å². The molecule has 1 saturated carbocycles. The van der Waals surface area contributed by atoms with Crippen molar-refractivity contribution in [3.05, 3.63) is 30.1 Å². The average molecular weight is 219 g/mol. The molecule has 84 valence electrons. The summed E-state index contributed by atoms with van der Waals surface area (Å²) in [5.74, 6) is 0.606. The van der Waals surface area contributed by atoms with Gasteiger partial charge in [-0.3, -0.25) is 0 Å². The Kier molecular flexibility index (Phi) is 2.27. The van der Waals surface area contributed by atoms with E-state index in [1.807, 2.05) is 0 Å². The molecular weight excluding hydrogens is 205 g/mol. The third-order valence-electron chi connectivity index (χ3n) is 3.16. The standard InChI is InChI=1S/C12H14FN3/c13-8-1-3-9(4-2-8)14-12-15-10-5-6-11(7-10)16-12/h1-4,10-11H,5-7H2,(H2,14,15,16). The van der Waals surface area contributed by atoms with Crippen molar-refractivity contribution in [1.82, 2.24) is 5.32 Å². The Morgan fingerprint density at radius 1 is 1.25 bits per heavy atom. The summed E-state index contributed by atoms with van der Waals surface area (Å²) in [6, 6.07) is 7.35. The van der Waals surface area contributed by atoms with Crippen molar-refractivity contribution in [2.45, 2.75) is 31.3 Å². The van der Waals surface area contributed by atoms with Gasteiger partial charge in [-0.25, -0.2) is 9.38 Å². The number of guanidine groups is 1. The maximum absolute atomic E-state index is 12.7. The Morgan fingerprint density at radius 2 is 2.06 bits per heavy atom. The van der Waals surface area contributed by atoms with Gasteiger partial charge in [-0.1, -0.05) is 0 Å². The van der Waals surface area contributed by atoms with Crippen molar-refractivity contribution in [1.29, 1.82) is 0 Å². The Labute approximate surface area is 93.8 Å². The third kappa shape index (κ3) is 1.87. The number of aliphatic imine (C=N–C) groups is 1. The first-order valence-electron chi connectivity index (χ1n) is 5.66. The predicted molar refractivity (Wildman–Crippen MR) is 62.0 cm³/mol. The highest BCUT2D eigenvalue weighted by Gasteiger charge is 2.29. The molecule has 0 aromatic heterocycles. The smallest absolute Gasteiger partial charge is 0.196 e. The van der Waals surface area contributed by atoms with Crippen LogP contribution < -0.4 is 10.6 Å². The first-order valence-corrected chi connectivity index (χ1v) is 5.66. The summed E-state index contributed by atoms with van der Waals surface area (Å²) in [5.41, 5.74) is 0.869. The Morgan fingerprint density at radius 3 is 2.81 bits per heavy atom. The van der Waals surface area contributed by atoms with Gasteiger partial charge in [0.1, 0.15) is 5.82 Å². The SMILES string of the molecule is Fc1ccc(NC2=NC3CCC(C3)N2)cc1. The lowest BCUT2D eigenvalue weighted by molar-refractivity contribution is 0.582. The second kappa shape index (κ2) is 3.77. The third-order valence-corrected chi connectivity index (χ3v) is 3.16. The summed E-state index contributed by atoms with van der Waals surface area (Å²) >= 11 is 0. The molecule has 1 aliphatic heterocycles. The van der Waals surface area contributed by atoms with Gasteiger partial charge in [0.05, 0.1) is 6.04 Å².